The summed E-state index contributed by atoms with van der Waals surface area (Å²) in [4.78, 5) is 24.7. The van der Waals surface area contributed by atoms with Gasteiger partial charge in [0.25, 0.3) is 0 Å². The number of carbonyl (C=O) groups excluding carboxylic acids is 1. The number of hydrogen-bond donors (Lipinski definition) is 2. The topological polar surface area (TPSA) is 90.0 Å². The first-order chi connectivity index (χ1) is 12.7. The van der Waals surface area contributed by atoms with E-state index in [1.807, 2.05) is 31.2 Å². The number of nitrogens with one attached hydrogen (secondary N) is 2. The highest BCUT2D eigenvalue weighted by atomic mass is 32.1. The minimum atomic E-state index is -0.0353. The standard InChI is InChI=1S/C17H21N7OS/c1-12-21-22-17(26-12)20-16(25)11-24-8-6-23(7-9-24)10-15-18-13-4-2-3-5-14(13)19-15/h2-5H,6-11H2,1H3,(H,18,19)(H,20,22,25). The van der Waals surface area contributed by atoms with Crippen LogP contribution < -0.4 is 5.32 Å². The third kappa shape index (κ3) is 4.06. The molecule has 1 fully saturated rings. The Hall–Kier alpha value is -2.36. The van der Waals surface area contributed by atoms with E-state index in [0.717, 1.165) is 54.6 Å². The lowest BCUT2D eigenvalue weighted by Crippen LogP contribution is -2.48. The Morgan fingerprint density at radius 1 is 1.19 bits per heavy atom. The van der Waals surface area contributed by atoms with Crippen LogP contribution in [0.3, 0.4) is 0 Å². The zero-order chi connectivity index (χ0) is 17.9. The highest BCUT2D eigenvalue weighted by molar-refractivity contribution is 7.15. The van der Waals surface area contributed by atoms with Crippen molar-refractivity contribution in [2.24, 2.45) is 0 Å². The predicted octanol–water partition coefficient (Wildman–Crippen LogP) is 1.48. The van der Waals surface area contributed by atoms with E-state index in [9.17, 15) is 4.79 Å². The molecule has 2 N–H and O–H groups in total. The molecule has 0 unspecified atom stereocenters. The second-order valence-corrected chi connectivity index (χ2v) is 7.61. The molecule has 136 valence electrons. The van der Waals surface area contributed by atoms with Crippen LogP contribution in [0, 0.1) is 6.92 Å². The van der Waals surface area contributed by atoms with Gasteiger partial charge >= 0.3 is 0 Å². The van der Waals surface area contributed by atoms with E-state index in [1.165, 1.54) is 11.3 Å². The Kier molecular flexibility index (Phi) is 4.91. The van der Waals surface area contributed by atoms with Crippen molar-refractivity contribution in [2.45, 2.75) is 13.5 Å². The number of rotatable bonds is 5. The second-order valence-electron chi connectivity index (χ2n) is 6.43. The van der Waals surface area contributed by atoms with Gasteiger partial charge in [-0.25, -0.2) is 4.98 Å². The molecule has 9 heteroatoms. The molecule has 3 aromatic rings. The molecule has 1 aliphatic rings. The van der Waals surface area contributed by atoms with Crippen LogP contribution in [0.15, 0.2) is 24.3 Å². The van der Waals surface area contributed by atoms with Crippen molar-refractivity contribution in [3.63, 3.8) is 0 Å². The van der Waals surface area contributed by atoms with Crippen LogP contribution in [0.2, 0.25) is 0 Å². The number of hydrogen-bond acceptors (Lipinski definition) is 7. The number of anilines is 1. The third-order valence-corrected chi connectivity index (χ3v) is 5.17. The molecule has 8 nitrogen and oxygen atoms in total. The summed E-state index contributed by atoms with van der Waals surface area (Å²) in [6.45, 7) is 6.63. The van der Waals surface area contributed by atoms with Crippen LogP contribution in [0.1, 0.15) is 10.8 Å². The van der Waals surface area contributed by atoms with Gasteiger partial charge in [-0.15, -0.1) is 10.2 Å². The van der Waals surface area contributed by atoms with Crippen LogP contribution in [0.4, 0.5) is 5.13 Å². The molecule has 0 aliphatic carbocycles. The fourth-order valence-electron chi connectivity index (χ4n) is 3.11. The normalized spacial score (nSPS) is 16.2. The fourth-order valence-corrected chi connectivity index (χ4v) is 3.71. The number of fused-ring (bicyclic) bond motifs is 1. The van der Waals surface area contributed by atoms with Gasteiger partial charge in [0.1, 0.15) is 10.8 Å². The number of benzene rings is 1. The van der Waals surface area contributed by atoms with Gasteiger partial charge in [0.15, 0.2) is 0 Å². The summed E-state index contributed by atoms with van der Waals surface area (Å²) >= 11 is 1.39. The predicted molar refractivity (Wildman–Crippen MR) is 101 cm³/mol. The van der Waals surface area contributed by atoms with Crippen molar-refractivity contribution in [1.29, 1.82) is 0 Å². The summed E-state index contributed by atoms with van der Waals surface area (Å²) in [5, 5.41) is 12.1. The second kappa shape index (κ2) is 7.48. The maximum Gasteiger partial charge on any atom is 0.240 e. The smallest absolute Gasteiger partial charge is 0.240 e. The van der Waals surface area contributed by atoms with Crippen LogP contribution in [0.25, 0.3) is 11.0 Å². The molecule has 3 heterocycles. The monoisotopic (exact) mass is 371 g/mol. The van der Waals surface area contributed by atoms with Crippen molar-refractivity contribution in [3.05, 3.63) is 35.1 Å². The van der Waals surface area contributed by atoms with E-state index >= 15 is 0 Å². The number of H-pyrrole nitrogens is 1. The van der Waals surface area contributed by atoms with Gasteiger partial charge in [-0.1, -0.05) is 23.5 Å². The molecule has 2 aromatic heterocycles. The van der Waals surface area contributed by atoms with E-state index < -0.39 is 0 Å². The van der Waals surface area contributed by atoms with Crippen LogP contribution in [-0.2, 0) is 11.3 Å². The number of nitrogens with zero attached hydrogens (tertiary/aromatic N) is 5. The summed E-state index contributed by atoms with van der Waals surface area (Å²) in [5.41, 5.74) is 2.08. The molecule has 1 aliphatic heterocycles. The Bertz CT molecular complexity index is 864. The van der Waals surface area contributed by atoms with Crippen molar-refractivity contribution >= 4 is 33.4 Å². The average Bonchev–Trinajstić information content (AvgIpc) is 3.21. The molecule has 0 spiro atoms. The molecule has 0 atom stereocenters. The first-order valence-electron chi connectivity index (χ1n) is 8.64. The molecule has 0 radical (unpaired) electrons. The molecular formula is C17H21N7OS. The van der Waals surface area contributed by atoms with Gasteiger partial charge in [0, 0.05) is 26.2 Å². The molecule has 1 saturated heterocycles. The molecule has 1 aromatic carbocycles. The number of carbonyl (C=O) groups is 1. The van der Waals surface area contributed by atoms with E-state index in [0.29, 0.717) is 11.7 Å². The molecule has 4 rings (SSSR count). The van der Waals surface area contributed by atoms with Crippen molar-refractivity contribution < 1.29 is 4.79 Å². The van der Waals surface area contributed by atoms with Gasteiger partial charge < -0.3 is 4.98 Å². The number of imidazole rings is 1. The Morgan fingerprint density at radius 3 is 2.69 bits per heavy atom. The van der Waals surface area contributed by atoms with Crippen LogP contribution >= 0.6 is 11.3 Å². The Balaban J connectivity index is 1.25. The SMILES string of the molecule is Cc1nnc(NC(=O)CN2CCN(Cc3nc4ccccc4[nH]3)CC2)s1. The van der Waals surface area contributed by atoms with E-state index in [4.69, 9.17) is 0 Å². The lowest BCUT2D eigenvalue weighted by Gasteiger charge is -2.33. The minimum Gasteiger partial charge on any atom is -0.341 e. The molecule has 0 saturated carbocycles. The van der Waals surface area contributed by atoms with Crippen LogP contribution in [0.5, 0.6) is 0 Å². The summed E-state index contributed by atoms with van der Waals surface area (Å²) < 4.78 is 0. The van der Waals surface area contributed by atoms with Gasteiger partial charge in [-0.05, 0) is 19.1 Å². The number of aryl methyl sites for hydroxylation is 1. The first-order valence-corrected chi connectivity index (χ1v) is 9.46. The molecule has 0 bridgehead atoms. The lowest BCUT2D eigenvalue weighted by molar-refractivity contribution is -0.117. The van der Waals surface area contributed by atoms with E-state index in [2.05, 4.69) is 35.3 Å². The quantitative estimate of drug-likeness (QED) is 0.706. The van der Waals surface area contributed by atoms with Gasteiger partial charge in [0.2, 0.25) is 11.0 Å². The first kappa shape index (κ1) is 17.1. The Morgan fingerprint density at radius 2 is 1.96 bits per heavy atom. The largest absolute Gasteiger partial charge is 0.341 e. The van der Waals surface area contributed by atoms with E-state index in [-0.39, 0.29) is 5.91 Å². The zero-order valence-corrected chi connectivity index (χ0v) is 15.4. The summed E-state index contributed by atoms with van der Waals surface area (Å²) in [7, 11) is 0. The fraction of sp³-hybridized carbons (Fsp3) is 0.412. The summed E-state index contributed by atoms with van der Waals surface area (Å²) in [6.07, 6.45) is 0. The van der Waals surface area contributed by atoms with Crippen molar-refractivity contribution in [1.82, 2.24) is 30.0 Å². The number of aromatic amines is 1. The maximum absolute atomic E-state index is 12.1. The number of para-hydroxylation sites is 2. The van der Waals surface area contributed by atoms with Gasteiger partial charge in [0.05, 0.1) is 24.1 Å². The maximum atomic E-state index is 12.1. The van der Waals surface area contributed by atoms with E-state index in [1.54, 1.807) is 0 Å². The highest BCUT2D eigenvalue weighted by Crippen LogP contribution is 2.14. The third-order valence-electron chi connectivity index (χ3n) is 4.42. The zero-order valence-electron chi connectivity index (χ0n) is 14.6. The molecular weight excluding hydrogens is 350 g/mol. The lowest BCUT2D eigenvalue weighted by atomic mass is 10.3. The number of amides is 1. The highest BCUT2D eigenvalue weighted by Gasteiger charge is 2.20. The molecule has 26 heavy (non-hydrogen) atoms. The van der Waals surface area contributed by atoms with Crippen molar-refractivity contribution in [2.75, 3.05) is 38.0 Å². The number of aromatic nitrogens is 4. The average molecular weight is 371 g/mol. The minimum absolute atomic E-state index is 0.0353. The van der Waals surface area contributed by atoms with Gasteiger partial charge in [-0.3, -0.25) is 19.9 Å². The number of piperazine rings is 1. The molecule has 1 amide bonds. The van der Waals surface area contributed by atoms with Gasteiger partial charge in [-0.2, -0.15) is 0 Å². The summed E-state index contributed by atoms with van der Waals surface area (Å²) in [5.74, 6) is 0.955. The Labute approximate surface area is 155 Å². The summed E-state index contributed by atoms with van der Waals surface area (Å²) in [6, 6.07) is 8.07. The van der Waals surface area contributed by atoms with Crippen LogP contribution in [-0.4, -0.2) is 68.6 Å². The van der Waals surface area contributed by atoms with Crippen molar-refractivity contribution in [3.8, 4) is 0 Å².